The van der Waals surface area contributed by atoms with E-state index in [9.17, 15) is 4.79 Å². The van der Waals surface area contributed by atoms with Crippen LogP contribution < -0.4 is 10.6 Å². The zero-order chi connectivity index (χ0) is 12.9. The quantitative estimate of drug-likeness (QED) is 0.424. The van der Waals surface area contributed by atoms with E-state index >= 15 is 0 Å². The molecule has 0 bridgehead atoms. The molecule has 0 saturated carbocycles. The normalized spacial score (nSPS) is 12.1. The fourth-order valence-corrected chi connectivity index (χ4v) is 1.57. The molecule has 1 atom stereocenters. The Morgan fingerprint density at radius 2 is 2.12 bits per heavy atom. The molecular weight excluding hydrogens is 216 g/mol. The highest BCUT2D eigenvalue weighted by Gasteiger charge is 2.14. The second-order valence-electron chi connectivity index (χ2n) is 4.02. The molecule has 4 nitrogen and oxygen atoms in total. The predicted molar refractivity (Wildman–Crippen MR) is 71.0 cm³/mol. The number of amides is 1. The molecule has 0 radical (unpaired) electrons. The molecule has 17 heavy (non-hydrogen) atoms. The van der Waals surface area contributed by atoms with Crippen LogP contribution in [0.15, 0.2) is 12.7 Å². The van der Waals surface area contributed by atoms with Gasteiger partial charge in [-0.25, -0.2) is 0 Å². The molecule has 0 aliphatic heterocycles. The Kier molecular flexibility index (Phi) is 11.0. The number of hydrogen-bond acceptors (Lipinski definition) is 3. The summed E-state index contributed by atoms with van der Waals surface area (Å²) in [6, 6.07) is 0. The van der Waals surface area contributed by atoms with Gasteiger partial charge < -0.3 is 15.4 Å². The first kappa shape index (κ1) is 16.1. The first-order valence-corrected chi connectivity index (χ1v) is 6.37. The SMILES string of the molecule is C=CCC(CCC)C(=O)NCCOCCNC. The molecule has 0 saturated heterocycles. The third-order valence-corrected chi connectivity index (χ3v) is 2.50. The van der Waals surface area contributed by atoms with Gasteiger partial charge in [0, 0.05) is 19.0 Å². The number of carbonyl (C=O) groups is 1. The van der Waals surface area contributed by atoms with Crippen LogP contribution in [0.2, 0.25) is 0 Å². The number of allylic oxidation sites excluding steroid dienone is 1. The second kappa shape index (κ2) is 11.6. The van der Waals surface area contributed by atoms with Crippen molar-refractivity contribution < 1.29 is 9.53 Å². The van der Waals surface area contributed by atoms with Gasteiger partial charge in [-0.1, -0.05) is 19.4 Å². The Hall–Kier alpha value is -0.870. The Balaban J connectivity index is 3.63. The zero-order valence-corrected chi connectivity index (χ0v) is 11.1. The van der Waals surface area contributed by atoms with Crippen molar-refractivity contribution in [3.05, 3.63) is 12.7 Å². The molecule has 4 heteroatoms. The van der Waals surface area contributed by atoms with Crippen LogP contribution in [0.4, 0.5) is 0 Å². The molecule has 2 N–H and O–H groups in total. The fourth-order valence-electron chi connectivity index (χ4n) is 1.57. The van der Waals surface area contributed by atoms with E-state index < -0.39 is 0 Å². The maximum absolute atomic E-state index is 11.8. The average molecular weight is 242 g/mol. The first-order valence-electron chi connectivity index (χ1n) is 6.37. The molecule has 1 unspecified atom stereocenters. The lowest BCUT2D eigenvalue weighted by Gasteiger charge is -2.14. The lowest BCUT2D eigenvalue weighted by molar-refractivity contribution is -0.125. The summed E-state index contributed by atoms with van der Waals surface area (Å²) in [6.45, 7) is 8.44. The molecule has 0 aromatic carbocycles. The van der Waals surface area contributed by atoms with Crippen LogP contribution >= 0.6 is 0 Å². The number of carbonyl (C=O) groups excluding carboxylic acids is 1. The molecule has 0 rings (SSSR count). The van der Waals surface area contributed by atoms with Crippen molar-refractivity contribution >= 4 is 5.91 Å². The van der Waals surface area contributed by atoms with Crippen molar-refractivity contribution in [2.24, 2.45) is 5.92 Å². The van der Waals surface area contributed by atoms with Crippen molar-refractivity contribution in [2.75, 3.05) is 33.4 Å². The number of rotatable bonds is 11. The fraction of sp³-hybridized carbons (Fsp3) is 0.769. The standard InChI is InChI=1S/C13H26N2O2/c1-4-6-12(7-5-2)13(16)15-9-11-17-10-8-14-3/h4,12,14H,1,5-11H2,2-3H3,(H,15,16). The summed E-state index contributed by atoms with van der Waals surface area (Å²) in [7, 11) is 1.88. The highest BCUT2D eigenvalue weighted by molar-refractivity contribution is 5.78. The number of hydrogen-bond donors (Lipinski definition) is 2. The van der Waals surface area contributed by atoms with Crippen molar-refractivity contribution in [1.82, 2.24) is 10.6 Å². The van der Waals surface area contributed by atoms with Gasteiger partial charge in [-0.2, -0.15) is 0 Å². The molecule has 0 aliphatic carbocycles. The smallest absolute Gasteiger partial charge is 0.223 e. The average Bonchev–Trinajstić information content (AvgIpc) is 2.33. The first-order chi connectivity index (χ1) is 8.26. The molecular formula is C13H26N2O2. The van der Waals surface area contributed by atoms with Crippen LogP contribution in [0.5, 0.6) is 0 Å². The number of nitrogens with one attached hydrogen (secondary N) is 2. The molecule has 1 amide bonds. The van der Waals surface area contributed by atoms with E-state index in [1.807, 2.05) is 13.1 Å². The van der Waals surface area contributed by atoms with E-state index in [0.29, 0.717) is 19.8 Å². The van der Waals surface area contributed by atoms with Crippen LogP contribution in [0, 0.1) is 5.92 Å². The summed E-state index contributed by atoms with van der Waals surface area (Å²) in [5.74, 6) is 0.179. The molecule has 0 aromatic heterocycles. The van der Waals surface area contributed by atoms with Crippen LogP contribution in [0.3, 0.4) is 0 Å². The summed E-state index contributed by atoms with van der Waals surface area (Å²) in [4.78, 5) is 11.8. The van der Waals surface area contributed by atoms with E-state index in [0.717, 1.165) is 25.8 Å². The summed E-state index contributed by atoms with van der Waals surface area (Å²) in [6.07, 6.45) is 4.49. The third kappa shape index (κ3) is 8.89. The van der Waals surface area contributed by atoms with Gasteiger partial charge >= 0.3 is 0 Å². The second-order valence-corrected chi connectivity index (χ2v) is 4.02. The molecule has 0 aromatic rings. The van der Waals surface area contributed by atoms with E-state index in [4.69, 9.17) is 4.74 Å². The van der Waals surface area contributed by atoms with Crippen molar-refractivity contribution in [2.45, 2.75) is 26.2 Å². The zero-order valence-electron chi connectivity index (χ0n) is 11.1. The predicted octanol–water partition coefficient (Wildman–Crippen LogP) is 1.33. The van der Waals surface area contributed by atoms with Crippen LogP contribution in [0.1, 0.15) is 26.2 Å². The van der Waals surface area contributed by atoms with Gasteiger partial charge in [0.15, 0.2) is 0 Å². The summed E-state index contributed by atoms with van der Waals surface area (Å²) in [5, 5.41) is 5.89. The summed E-state index contributed by atoms with van der Waals surface area (Å²) >= 11 is 0. The van der Waals surface area contributed by atoms with Gasteiger partial charge in [0.1, 0.15) is 0 Å². The van der Waals surface area contributed by atoms with Crippen molar-refractivity contribution in [3.63, 3.8) is 0 Å². The van der Waals surface area contributed by atoms with Gasteiger partial charge in [0.2, 0.25) is 5.91 Å². The van der Waals surface area contributed by atoms with Gasteiger partial charge in [0.05, 0.1) is 13.2 Å². The van der Waals surface area contributed by atoms with Gasteiger partial charge in [-0.15, -0.1) is 6.58 Å². The Morgan fingerprint density at radius 3 is 2.71 bits per heavy atom. The van der Waals surface area contributed by atoms with Gasteiger partial charge in [-0.3, -0.25) is 4.79 Å². The Morgan fingerprint density at radius 1 is 1.41 bits per heavy atom. The molecule has 0 aliphatic rings. The highest BCUT2D eigenvalue weighted by atomic mass is 16.5. The maximum atomic E-state index is 11.8. The lowest BCUT2D eigenvalue weighted by atomic mass is 9.99. The minimum atomic E-state index is 0.0646. The Labute approximate surface area is 105 Å². The third-order valence-electron chi connectivity index (χ3n) is 2.50. The van der Waals surface area contributed by atoms with Gasteiger partial charge in [0.25, 0.3) is 0 Å². The minimum absolute atomic E-state index is 0.0646. The van der Waals surface area contributed by atoms with Gasteiger partial charge in [-0.05, 0) is 19.9 Å². The van der Waals surface area contributed by atoms with Crippen LogP contribution in [-0.2, 0) is 9.53 Å². The summed E-state index contributed by atoms with van der Waals surface area (Å²) < 4.78 is 5.33. The maximum Gasteiger partial charge on any atom is 0.223 e. The minimum Gasteiger partial charge on any atom is -0.378 e. The number of likely N-dealkylation sites (N-methyl/N-ethyl adjacent to an activating group) is 1. The van der Waals surface area contributed by atoms with Crippen LogP contribution in [0.25, 0.3) is 0 Å². The highest BCUT2D eigenvalue weighted by Crippen LogP contribution is 2.11. The topological polar surface area (TPSA) is 50.4 Å². The van der Waals surface area contributed by atoms with E-state index in [-0.39, 0.29) is 11.8 Å². The Bertz CT molecular complexity index is 208. The monoisotopic (exact) mass is 242 g/mol. The molecule has 100 valence electrons. The van der Waals surface area contributed by atoms with Crippen molar-refractivity contribution in [1.29, 1.82) is 0 Å². The van der Waals surface area contributed by atoms with E-state index in [1.165, 1.54) is 0 Å². The molecule has 0 fully saturated rings. The van der Waals surface area contributed by atoms with E-state index in [1.54, 1.807) is 0 Å². The lowest BCUT2D eigenvalue weighted by Crippen LogP contribution is -2.33. The molecule has 0 heterocycles. The number of ether oxygens (including phenoxy) is 1. The van der Waals surface area contributed by atoms with Crippen LogP contribution in [-0.4, -0.2) is 39.3 Å². The molecule has 0 spiro atoms. The van der Waals surface area contributed by atoms with E-state index in [2.05, 4.69) is 24.1 Å². The largest absolute Gasteiger partial charge is 0.378 e. The van der Waals surface area contributed by atoms with Crippen molar-refractivity contribution in [3.8, 4) is 0 Å². The summed E-state index contributed by atoms with van der Waals surface area (Å²) in [5.41, 5.74) is 0.